The maximum atomic E-state index is 5.80. The molecule has 0 atom stereocenters. The Bertz CT molecular complexity index is 571. The molecule has 0 aromatic carbocycles. The molecule has 0 unspecified atom stereocenters. The number of aryl methyl sites for hydroxylation is 1. The van der Waals surface area contributed by atoms with Gasteiger partial charge >= 0.3 is 0 Å². The molecule has 0 amide bonds. The van der Waals surface area contributed by atoms with Gasteiger partial charge < -0.3 is 10.6 Å². The summed E-state index contributed by atoms with van der Waals surface area (Å²) in [6.45, 7) is 1.96. The fourth-order valence-electron chi connectivity index (χ4n) is 2.32. The SMILES string of the molecule is Cn1nccc1-c1nc(N)nc(N2CCCCC2)n1. The highest BCUT2D eigenvalue weighted by Gasteiger charge is 2.17. The summed E-state index contributed by atoms with van der Waals surface area (Å²) in [6, 6.07) is 1.87. The standard InChI is InChI=1S/C12H17N7/c1-18-9(5-6-14-18)10-15-11(13)17-12(16-10)19-7-3-2-4-8-19/h5-6H,2-4,7-8H2,1H3,(H2,13,15,16,17). The summed E-state index contributed by atoms with van der Waals surface area (Å²) < 4.78 is 1.73. The van der Waals surface area contributed by atoms with E-state index in [4.69, 9.17) is 5.73 Å². The van der Waals surface area contributed by atoms with Crippen LogP contribution >= 0.6 is 0 Å². The highest BCUT2D eigenvalue weighted by molar-refractivity contribution is 5.53. The number of nitrogen functional groups attached to an aromatic ring is 1. The Kier molecular flexibility index (Phi) is 3.02. The van der Waals surface area contributed by atoms with Crippen LogP contribution in [0.3, 0.4) is 0 Å². The summed E-state index contributed by atoms with van der Waals surface area (Å²) in [5.74, 6) is 1.50. The molecule has 0 spiro atoms. The van der Waals surface area contributed by atoms with Crippen LogP contribution in [0.4, 0.5) is 11.9 Å². The van der Waals surface area contributed by atoms with Crippen molar-refractivity contribution in [2.75, 3.05) is 23.7 Å². The van der Waals surface area contributed by atoms with Crippen LogP contribution in [0.5, 0.6) is 0 Å². The fraction of sp³-hybridized carbons (Fsp3) is 0.500. The van der Waals surface area contributed by atoms with Crippen molar-refractivity contribution in [3.63, 3.8) is 0 Å². The summed E-state index contributed by atoms with van der Waals surface area (Å²) in [4.78, 5) is 15.1. The van der Waals surface area contributed by atoms with Crippen molar-refractivity contribution in [3.05, 3.63) is 12.3 Å². The first-order chi connectivity index (χ1) is 9.24. The lowest BCUT2D eigenvalue weighted by atomic mass is 10.1. The van der Waals surface area contributed by atoms with Gasteiger partial charge in [-0.25, -0.2) is 0 Å². The Labute approximate surface area is 111 Å². The van der Waals surface area contributed by atoms with Gasteiger partial charge in [-0.1, -0.05) is 0 Å². The van der Waals surface area contributed by atoms with Gasteiger partial charge in [0.05, 0.1) is 0 Å². The van der Waals surface area contributed by atoms with Crippen molar-refractivity contribution in [1.29, 1.82) is 0 Å². The van der Waals surface area contributed by atoms with Gasteiger partial charge in [0.25, 0.3) is 0 Å². The molecule has 1 fully saturated rings. The van der Waals surface area contributed by atoms with Crippen LogP contribution in [-0.2, 0) is 7.05 Å². The molecule has 2 aromatic heterocycles. The predicted octanol–water partition coefficient (Wildman–Crippen LogP) is 0.845. The second-order valence-corrected chi connectivity index (χ2v) is 4.70. The Balaban J connectivity index is 1.98. The molecule has 0 saturated carbocycles. The second kappa shape index (κ2) is 4.83. The van der Waals surface area contributed by atoms with E-state index in [0.29, 0.717) is 11.8 Å². The third-order valence-corrected chi connectivity index (χ3v) is 3.33. The second-order valence-electron chi connectivity index (χ2n) is 4.70. The number of rotatable bonds is 2. The lowest BCUT2D eigenvalue weighted by Crippen LogP contribution is -2.31. The fourth-order valence-corrected chi connectivity index (χ4v) is 2.32. The van der Waals surface area contributed by atoms with Crippen molar-refractivity contribution >= 4 is 11.9 Å². The van der Waals surface area contributed by atoms with Crippen LogP contribution in [0.15, 0.2) is 12.3 Å². The lowest BCUT2D eigenvalue weighted by molar-refractivity contribution is 0.568. The van der Waals surface area contributed by atoms with E-state index in [0.717, 1.165) is 18.8 Å². The number of piperidine rings is 1. The van der Waals surface area contributed by atoms with Crippen molar-refractivity contribution in [3.8, 4) is 11.5 Å². The third-order valence-electron chi connectivity index (χ3n) is 3.33. The molecule has 19 heavy (non-hydrogen) atoms. The largest absolute Gasteiger partial charge is 0.368 e. The number of aromatic nitrogens is 5. The Morgan fingerprint density at radius 1 is 1.11 bits per heavy atom. The zero-order valence-corrected chi connectivity index (χ0v) is 11.0. The van der Waals surface area contributed by atoms with Gasteiger partial charge in [-0.3, -0.25) is 4.68 Å². The number of hydrogen-bond acceptors (Lipinski definition) is 6. The molecule has 1 aliphatic heterocycles. The van der Waals surface area contributed by atoms with Crippen LogP contribution in [0, 0.1) is 0 Å². The van der Waals surface area contributed by atoms with E-state index >= 15 is 0 Å². The van der Waals surface area contributed by atoms with Gasteiger partial charge in [0, 0.05) is 26.3 Å². The molecule has 7 heteroatoms. The van der Waals surface area contributed by atoms with Gasteiger partial charge in [0.1, 0.15) is 5.69 Å². The molecule has 1 saturated heterocycles. The molecule has 0 radical (unpaired) electrons. The monoisotopic (exact) mass is 259 g/mol. The molecule has 100 valence electrons. The van der Waals surface area contributed by atoms with Gasteiger partial charge in [0.15, 0.2) is 5.82 Å². The van der Waals surface area contributed by atoms with Gasteiger partial charge in [-0.05, 0) is 25.3 Å². The average Bonchev–Trinajstić information content (AvgIpc) is 2.85. The van der Waals surface area contributed by atoms with Crippen LogP contribution in [-0.4, -0.2) is 37.8 Å². The van der Waals surface area contributed by atoms with Crippen LogP contribution in [0.25, 0.3) is 11.5 Å². The van der Waals surface area contributed by atoms with E-state index in [9.17, 15) is 0 Å². The topological polar surface area (TPSA) is 85.8 Å². The predicted molar refractivity (Wildman–Crippen MR) is 72.5 cm³/mol. The molecule has 0 bridgehead atoms. The van der Waals surface area contributed by atoms with Crippen molar-refractivity contribution in [2.45, 2.75) is 19.3 Å². The number of hydrogen-bond donors (Lipinski definition) is 1. The molecule has 2 aromatic rings. The summed E-state index contributed by atoms with van der Waals surface area (Å²) in [7, 11) is 1.86. The molecule has 0 aliphatic carbocycles. The normalized spacial score (nSPS) is 15.7. The van der Waals surface area contributed by atoms with Crippen molar-refractivity contribution < 1.29 is 0 Å². The minimum atomic E-state index is 0.256. The highest BCUT2D eigenvalue weighted by atomic mass is 15.3. The first kappa shape index (κ1) is 11.9. The number of anilines is 2. The molecular formula is C12H17N7. The Morgan fingerprint density at radius 2 is 1.89 bits per heavy atom. The maximum Gasteiger partial charge on any atom is 0.230 e. The first-order valence-electron chi connectivity index (χ1n) is 6.49. The number of nitrogens with two attached hydrogens (primary N) is 1. The van der Waals surface area contributed by atoms with E-state index in [2.05, 4.69) is 25.0 Å². The van der Waals surface area contributed by atoms with E-state index in [1.807, 2.05) is 13.1 Å². The van der Waals surface area contributed by atoms with E-state index < -0.39 is 0 Å². The summed E-state index contributed by atoms with van der Waals surface area (Å²) in [6.07, 6.45) is 5.33. The highest BCUT2D eigenvalue weighted by Crippen LogP contribution is 2.20. The Morgan fingerprint density at radius 3 is 2.58 bits per heavy atom. The Hall–Kier alpha value is -2.18. The summed E-state index contributed by atoms with van der Waals surface area (Å²) in [5, 5.41) is 4.13. The van der Waals surface area contributed by atoms with Crippen molar-refractivity contribution in [2.24, 2.45) is 7.05 Å². The van der Waals surface area contributed by atoms with Crippen LogP contribution in [0.2, 0.25) is 0 Å². The smallest absolute Gasteiger partial charge is 0.230 e. The summed E-state index contributed by atoms with van der Waals surface area (Å²) >= 11 is 0. The molecular weight excluding hydrogens is 242 g/mol. The lowest BCUT2D eigenvalue weighted by Gasteiger charge is -2.26. The minimum absolute atomic E-state index is 0.256. The first-order valence-corrected chi connectivity index (χ1v) is 6.49. The minimum Gasteiger partial charge on any atom is -0.368 e. The molecule has 3 rings (SSSR count). The van der Waals surface area contributed by atoms with E-state index in [1.165, 1.54) is 19.3 Å². The molecule has 2 N–H and O–H groups in total. The number of nitrogens with zero attached hydrogens (tertiary/aromatic N) is 6. The van der Waals surface area contributed by atoms with E-state index in [1.54, 1.807) is 10.9 Å². The molecule has 7 nitrogen and oxygen atoms in total. The maximum absolute atomic E-state index is 5.80. The van der Waals surface area contributed by atoms with Gasteiger partial charge in [-0.2, -0.15) is 20.1 Å². The van der Waals surface area contributed by atoms with E-state index in [-0.39, 0.29) is 5.95 Å². The van der Waals surface area contributed by atoms with Crippen LogP contribution in [0.1, 0.15) is 19.3 Å². The zero-order chi connectivity index (χ0) is 13.2. The van der Waals surface area contributed by atoms with Gasteiger partial charge in [-0.15, -0.1) is 0 Å². The zero-order valence-electron chi connectivity index (χ0n) is 11.0. The average molecular weight is 259 g/mol. The molecule has 1 aliphatic rings. The van der Waals surface area contributed by atoms with Crippen molar-refractivity contribution in [1.82, 2.24) is 24.7 Å². The van der Waals surface area contributed by atoms with Gasteiger partial charge in [0.2, 0.25) is 11.9 Å². The quantitative estimate of drug-likeness (QED) is 0.860. The van der Waals surface area contributed by atoms with Crippen LogP contribution < -0.4 is 10.6 Å². The summed E-state index contributed by atoms with van der Waals surface area (Å²) in [5.41, 5.74) is 6.64. The molecule has 3 heterocycles. The third kappa shape index (κ3) is 2.35.